The van der Waals surface area contributed by atoms with E-state index in [1.807, 2.05) is 62.4 Å². The monoisotopic (exact) mass is 486 g/mol. The number of methoxy groups -OCH3 is 1. The minimum absolute atomic E-state index is 0.0586. The van der Waals surface area contributed by atoms with Gasteiger partial charge in [-0.2, -0.15) is 4.31 Å². The number of carbonyl (C=O) groups excluding carboxylic acids is 1. The molecule has 1 atom stereocenters. The maximum Gasteiger partial charge on any atom is 0.243 e. The number of benzene rings is 3. The molecule has 0 saturated heterocycles. The van der Waals surface area contributed by atoms with Crippen molar-refractivity contribution in [2.24, 2.45) is 0 Å². The Hall–Kier alpha value is -2.87. The lowest BCUT2D eigenvalue weighted by molar-refractivity contribution is -0.122. The standard InChI is InChI=1S/C25H27ClN2O4S/c1-18-7-6-8-20(15-18)16-28(33(30,31)22-13-11-21(26)12-14-22)17-25(29)27-19(2)23-9-4-5-10-24(23)32-3/h4-15,19H,16-17H2,1-3H3,(H,27,29). The van der Waals surface area contributed by atoms with Gasteiger partial charge in [-0.1, -0.05) is 59.6 Å². The lowest BCUT2D eigenvalue weighted by Gasteiger charge is -2.24. The van der Waals surface area contributed by atoms with Gasteiger partial charge >= 0.3 is 0 Å². The fourth-order valence-electron chi connectivity index (χ4n) is 3.54. The second-order valence-electron chi connectivity index (χ2n) is 7.75. The first-order valence-electron chi connectivity index (χ1n) is 10.4. The summed E-state index contributed by atoms with van der Waals surface area (Å²) in [6.07, 6.45) is 0. The van der Waals surface area contributed by atoms with E-state index in [9.17, 15) is 13.2 Å². The van der Waals surface area contributed by atoms with Crippen molar-refractivity contribution in [2.75, 3.05) is 13.7 Å². The van der Waals surface area contributed by atoms with Crippen LogP contribution in [-0.4, -0.2) is 32.3 Å². The Morgan fingerprint density at radius 2 is 1.76 bits per heavy atom. The third kappa shape index (κ3) is 6.35. The Labute approximate surface area is 200 Å². The number of rotatable bonds is 9. The molecule has 0 heterocycles. The third-order valence-electron chi connectivity index (χ3n) is 5.20. The number of para-hydroxylation sites is 1. The van der Waals surface area contributed by atoms with Gasteiger partial charge in [0.15, 0.2) is 0 Å². The molecule has 0 fully saturated rings. The first-order chi connectivity index (χ1) is 15.7. The Morgan fingerprint density at radius 1 is 1.06 bits per heavy atom. The number of nitrogens with zero attached hydrogens (tertiary/aromatic N) is 1. The first kappa shape index (κ1) is 24.8. The summed E-state index contributed by atoms with van der Waals surface area (Å²) in [4.78, 5) is 13.0. The molecule has 3 aromatic rings. The molecule has 174 valence electrons. The number of amides is 1. The molecular formula is C25H27ClN2O4S. The van der Waals surface area contributed by atoms with Crippen LogP contribution in [0.25, 0.3) is 0 Å². The second kappa shape index (κ2) is 10.8. The molecule has 1 N–H and O–H groups in total. The number of ether oxygens (including phenoxy) is 1. The number of hydrogen-bond donors (Lipinski definition) is 1. The second-order valence-corrected chi connectivity index (χ2v) is 10.1. The Morgan fingerprint density at radius 3 is 2.42 bits per heavy atom. The van der Waals surface area contributed by atoms with Crippen LogP contribution in [0.5, 0.6) is 5.75 Å². The predicted molar refractivity (Wildman–Crippen MR) is 130 cm³/mol. The SMILES string of the molecule is COc1ccccc1C(C)NC(=O)CN(Cc1cccc(C)c1)S(=O)(=O)c1ccc(Cl)cc1. The van der Waals surface area contributed by atoms with Gasteiger partial charge in [-0.15, -0.1) is 0 Å². The van der Waals surface area contributed by atoms with Crippen LogP contribution in [-0.2, 0) is 21.4 Å². The van der Waals surface area contributed by atoms with E-state index in [1.54, 1.807) is 7.11 Å². The summed E-state index contributed by atoms with van der Waals surface area (Å²) < 4.78 is 33.4. The normalized spacial score (nSPS) is 12.4. The molecule has 0 aromatic heterocycles. The molecule has 1 unspecified atom stereocenters. The Kier molecular flexibility index (Phi) is 8.13. The van der Waals surface area contributed by atoms with Crippen LogP contribution in [0.15, 0.2) is 77.7 Å². The zero-order valence-corrected chi connectivity index (χ0v) is 20.4. The number of nitrogens with one attached hydrogen (secondary N) is 1. The molecule has 3 rings (SSSR count). The molecular weight excluding hydrogens is 460 g/mol. The van der Waals surface area contributed by atoms with E-state index >= 15 is 0 Å². The average molecular weight is 487 g/mol. The van der Waals surface area contributed by atoms with Gasteiger partial charge in [0.1, 0.15) is 5.75 Å². The van der Waals surface area contributed by atoms with Crippen molar-refractivity contribution in [2.45, 2.75) is 31.3 Å². The smallest absolute Gasteiger partial charge is 0.243 e. The van der Waals surface area contributed by atoms with Crippen molar-refractivity contribution in [1.82, 2.24) is 9.62 Å². The average Bonchev–Trinajstić information content (AvgIpc) is 2.79. The molecule has 0 radical (unpaired) electrons. The van der Waals surface area contributed by atoms with Crippen molar-refractivity contribution in [3.63, 3.8) is 0 Å². The van der Waals surface area contributed by atoms with E-state index < -0.39 is 15.9 Å². The highest BCUT2D eigenvalue weighted by molar-refractivity contribution is 7.89. The lowest BCUT2D eigenvalue weighted by Crippen LogP contribution is -2.41. The van der Waals surface area contributed by atoms with Gasteiger partial charge in [-0.05, 0) is 49.7 Å². The molecule has 1 amide bonds. The molecule has 0 aliphatic rings. The van der Waals surface area contributed by atoms with Crippen LogP contribution in [0.1, 0.15) is 29.7 Å². The van der Waals surface area contributed by atoms with Crippen LogP contribution < -0.4 is 10.1 Å². The molecule has 0 aliphatic heterocycles. The van der Waals surface area contributed by atoms with Gasteiger partial charge in [0.2, 0.25) is 15.9 Å². The van der Waals surface area contributed by atoms with Crippen molar-refractivity contribution >= 4 is 27.5 Å². The van der Waals surface area contributed by atoms with Crippen molar-refractivity contribution in [3.8, 4) is 5.75 Å². The minimum Gasteiger partial charge on any atom is -0.496 e. The fourth-order valence-corrected chi connectivity index (χ4v) is 5.06. The van der Waals surface area contributed by atoms with Crippen molar-refractivity contribution < 1.29 is 17.9 Å². The maximum atomic E-state index is 13.4. The van der Waals surface area contributed by atoms with E-state index in [0.29, 0.717) is 10.8 Å². The molecule has 3 aromatic carbocycles. The molecule has 0 saturated carbocycles. The quantitative estimate of drug-likeness (QED) is 0.474. The van der Waals surface area contributed by atoms with Crippen LogP contribution in [0.2, 0.25) is 5.02 Å². The van der Waals surface area contributed by atoms with Gasteiger partial charge in [-0.3, -0.25) is 4.79 Å². The van der Waals surface area contributed by atoms with E-state index in [4.69, 9.17) is 16.3 Å². The Bertz CT molecular complexity index is 1210. The number of sulfonamides is 1. The first-order valence-corrected chi connectivity index (χ1v) is 12.3. The summed E-state index contributed by atoms with van der Waals surface area (Å²) in [7, 11) is -2.38. The highest BCUT2D eigenvalue weighted by Gasteiger charge is 2.28. The van der Waals surface area contributed by atoms with Gasteiger partial charge in [0, 0.05) is 17.1 Å². The van der Waals surface area contributed by atoms with Crippen LogP contribution in [0.3, 0.4) is 0 Å². The van der Waals surface area contributed by atoms with Crippen molar-refractivity contribution in [3.05, 3.63) is 94.5 Å². The topological polar surface area (TPSA) is 75.7 Å². The fraction of sp³-hybridized carbons (Fsp3) is 0.240. The number of aryl methyl sites for hydroxylation is 1. The van der Waals surface area contributed by atoms with Gasteiger partial charge in [0.25, 0.3) is 0 Å². The highest BCUT2D eigenvalue weighted by atomic mass is 35.5. The third-order valence-corrected chi connectivity index (χ3v) is 7.25. The summed E-state index contributed by atoms with van der Waals surface area (Å²) in [6.45, 7) is 3.49. The van der Waals surface area contributed by atoms with Crippen LogP contribution in [0, 0.1) is 6.92 Å². The van der Waals surface area contributed by atoms with E-state index in [-0.39, 0.29) is 24.0 Å². The summed E-state index contributed by atoms with van der Waals surface area (Å²) in [5, 5.41) is 3.32. The number of carbonyl (C=O) groups is 1. The molecule has 0 aliphatic carbocycles. The van der Waals surface area contributed by atoms with Crippen molar-refractivity contribution in [1.29, 1.82) is 0 Å². The van der Waals surface area contributed by atoms with Crippen LogP contribution >= 0.6 is 11.6 Å². The lowest BCUT2D eigenvalue weighted by atomic mass is 10.1. The summed E-state index contributed by atoms with van der Waals surface area (Å²) in [6, 6.07) is 20.5. The molecule has 33 heavy (non-hydrogen) atoms. The highest BCUT2D eigenvalue weighted by Crippen LogP contribution is 2.25. The van der Waals surface area contributed by atoms with E-state index in [2.05, 4.69) is 5.32 Å². The zero-order valence-electron chi connectivity index (χ0n) is 18.8. The zero-order chi connectivity index (χ0) is 24.0. The molecule has 0 spiro atoms. The van der Waals surface area contributed by atoms with Gasteiger partial charge in [0.05, 0.1) is 24.6 Å². The summed E-state index contributed by atoms with van der Waals surface area (Å²) in [5.74, 6) is 0.231. The summed E-state index contributed by atoms with van der Waals surface area (Å²) >= 11 is 5.93. The Balaban J connectivity index is 1.85. The van der Waals surface area contributed by atoms with E-state index in [1.165, 1.54) is 28.6 Å². The minimum atomic E-state index is -3.95. The molecule has 6 nitrogen and oxygen atoms in total. The number of halogens is 1. The number of hydrogen-bond acceptors (Lipinski definition) is 4. The maximum absolute atomic E-state index is 13.4. The van der Waals surface area contributed by atoms with E-state index in [0.717, 1.165) is 16.7 Å². The van der Waals surface area contributed by atoms with Crippen LogP contribution in [0.4, 0.5) is 0 Å². The predicted octanol–water partition coefficient (Wildman–Crippen LogP) is 4.73. The largest absolute Gasteiger partial charge is 0.496 e. The van der Waals surface area contributed by atoms with Gasteiger partial charge in [-0.25, -0.2) is 8.42 Å². The molecule has 0 bridgehead atoms. The van der Waals surface area contributed by atoms with Gasteiger partial charge < -0.3 is 10.1 Å². The summed E-state index contributed by atoms with van der Waals surface area (Å²) in [5.41, 5.74) is 2.60. The molecule has 8 heteroatoms.